The van der Waals surface area contributed by atoms with E-state index in [9.17, 15) is 9.59 Å². The number of ether oxygens (including phenoxy) is 1. The molecule has 0 saturated heterocycles. The van der Waals surface area contributed by atoms with Crippen LogP contribution in [0.25, 0.3) is 5.82 Å². The summed E-state index contributed by atoms with van der Waals surface area (Å²) in [6.45, 7) is -0.196. The molecule has 0 spiro atoms. The Morgan fingerprint density at radius 2 is 2.00 bits per heavy atom. The molecule has 9 nitrogen and oxygen atoms in total. The minimum atomic E-state index is -0.374. The lowest BCUT2D eigenvalue weighted by Crippen LogP contribution is -2.20. The number of benzene rings is 1. The number of carbonyl (C=O) groups excluding carboxylic acids is 2. The van der Waals surface area contributed by atoms with Crippen molar-refractivity contribution in [3.05, 3.63) is 85.5 Å². The number of pyridine rings is 1. The Bertz CT molecular complexity index is 1120. The van der Waals surface area contributed by atoms with Crippen molar-refractivity contribution >= 4 is 23.2 Å². The zero-order valence-electron chi connectivity index (χ0n) is 15.7. The summed E-state index contributed by atoms with van der Waals surface area (Å²) in [5, 5.41) is 5.42. The minimum Gasteiger partial charge on any atom is -0.484 e. The van der Waals surface area contributed by atoms with Crippen molar-refractivity contribution in [2.24, 2.45) is 0 Å². The first kappa shape index (κ1) is 18.9. The fourth-order valence-corrected chi connectivity index (χ4v) is 2.62. The molecule has 0 atom stereocenters. The number of rotatable bonds is 7. The molecule has 4 aromatic rings. The van der Waals surface area contributed by atoms with E-state index in [1.807, 2.05) is 0 Å². The van der Waals surface area contributed by atoms with Crippen LogP contribution in [0.5, 0.6) is 5.75 Å². The number of imidazole rings is 1. The van der Waals surface area contributed by atoms with Gasteiger partial charge in [-0.15, -0.1) is 0 Å². The minimum absolute atomic E-state index is 0.196. The second kappa shape index (κ2) is 8.74. The van der Waals surface area contributed by atoms with Crippen molar-refractivity contribution < 1.29 is 18.7 Å². The van der Waals surface area contributed by atoms with Gasteiger partial charge in [-0.25, -0.2) is 9.97 Å². The Kier molecular flexibility index (Phi) is 5.52. The Labute approximate surface area is 171 Å². The third-order valence-corrected chi connectivity index (χ3v) is 4.01. The summed E-state index contributed by atoms with van der Waals surface area (Å²) < 4.78 is 12.3. The van der Waals surface area contributed by atoms with Crippen molar-refractivity contribution in [2.75, 3.05) is 17.2 Å². The molecule has 0 saturated carbocycles. The fraction of sp³-hybridized carbons (Fsp3) is 0.0476. The number of carbonyl (C=O) groups is 2. The number of nitrogens with zero attached hydrogens (tertiary/aromatic N) is 3. The van der Waals surface area contributed by atoms with E-state index in [-0.39, 0.29) is 24.2 Å². The number of hydrogen-bond donors (Lipinski definition) is 2. The van der Waals surface area contributed by atoms with E-state index in [0.717, 1.165) is 0 Å². The number of nitrogens with one attached hydrogen (secondary N) is 2. The highest BCUT2D eigenvalue weighted by Crippen LogP contribution is 2.18. The summed E-state index contributed by atoms with van der Waals surface area (Å²) in [7, 11) is 0. The molecule has 0 radical (unpaired) electrons. The molecule has 150 valence electrons. The Balaban J connectivity index is 1.30. The monoisotopic (exact) mass is 403 g/mol. The molecule has 0 aliphatic rings. The van der Waals surface area contributed by atoms with Gasteiger partial charge in [0.1, 0.15) is 17.9 Å². The van der Waals surface area contributed by atoms with Crippen molar-refractivity contribution in [1.82, 2.24) is 14.5 Å². The van der Waals surface area contributed by atoms with E-state index in [1.165, 1.54) is 6.26 Å². The van der Waals surface area contributed by atoms with Gasteiger partial charge in [0, 0.05) is 24.1 Å². The van der Waals surface area contributed by atoms with Gasteiger partial charge in [0.05, 0.1) is 18.1 Å². The summed E-state index contributed by atoms with van der Waals surface area (Å²) in [4.78, 5) is 32.4. The van der Waals surface area contributed by atoms with Gasteiger partial charge in [0.15, 0.2) is 12.4 Å². The van der Waals surface area contributed by atoms with Crippen molar-refractivity contribution in [1.29, 1.82) is 0 Å². The molecular formula is C21H17N5O4. The normalized spacial score (nSPS) is 10.4. The number of aromatic nitrogens is 3. The van der Waals surface area contributed by atoms with E-state index in [2.05, 4.69) is 20.6 Å². The summed E-state index contributed by atoms with van der Waals surface area (Å²) in [5.74, 6) is 0.623. The van der Waals surface area contributed by atoms with E-state index in [1.54, 1.807) is 78.0 Å². The Morgan fingerprint density at radius 1 is 1.07 bits per heavy atom. The number of furan rings is 1. The first-order valence-corrected chi connectivity index (χ1v) is 8.99. The van der Waals surface area contributed by atoms with Crippen molar-refractivity contribution in [3.8, 4) is 11.6 Å². The topological polar surface area (TPSA) is 111 Å². The van der Waals surface area contributed by atoms with Gasteiger partial charge in [-0.3, -0.25) is 14.2 Å². The maximum atomic E-state index is 12.2. The summed E-state index contributed by atoms with van der Waals surface area (Å²) in [6.07, 6.45) is 8.05. The van der Waals surface area contributed by atoms with Gasteiger partial charge in [0.2, 0.25) is 0 Å². The van der Waals surface area contributed by atoms with Crippen LogP contribution in [0, 0.1) is 0 Å². The van der Waals surface area contributed by atoms with Crippen LogP contribution < -0.4 is 15.4 Å². The fourth-order valence-electron chi connectivity index (χ4n) is 2.62. The van der Waals surface area contributed by atoms with Crippen molar-refractivity contribution in [3.63, 3.8) is 0 Å². The molecule has 1 aromatic carbocycles. The second-order valence-electron chi connectivity index (χ2n) is 6.17. The summed E-state index contributed by atoms with van der Waals surface area (Å²) in [5.41, 5.74) is 1.07. The first-order chi connectivity index (χ1) is 14.7. The molecule has 0 aliphatic heterocycles. The zero-order chi connectivity index (χ0) is 20.8. The van der Waals surface area contributed by atoms with Gasteiger partial charge < -0.3 is 19.8 Å². The molecular weight excluding hydrogens is 386 g/mol. The third kappa shape index (κ3) is 4.71. The van der Waals surface area contributed by atoms with Crippen LogP contribution >= 0.6 is 0 Å². The predicted molar refractivity (Wildman–Crippen MR) is 109 cm³/mol. The van der Waals surface area contributed by atoms with E-state index in [0.29, 0.717) is 22.9 Å². The van der Waals surface area contributed by atoms with Crippen LogP contribution in [0.1, 0.15) is 10.6 Å². The van der Waals surface area contributed by atoms with E-state index >= 15 is 0 Å². The summed E-state index contributed by atoms with van der Waals surface area (Å²) >= 11 is 0. The second-order valence-corrected chi connectivity index (χ2v) is 6.17. The smallest absolute Gasteiger partial charge is 0.291 e. The van der Waals surface area contributed by atoms with E-state index < -0.39 is 0 Å². The standard InChI is InChI=1S/C21H17N5O4/c27-20(24-16-6-7-19(23-12-16)26-9-8-22-14-26)13-30-17-4-1-3-15(11-17)25-21(28)18-5-2-10-29-18/h1-12,14H,13H2,(H,24,27)(H,25,28). The van der Waals surface area contributed by atoms with Crippen molar-refractivity contribution in [2.45, 2.75) is 0 Å². The molecule has 3 aromatic heterocycles. The maximum absolute atomic E-state index is 12.2. The molecule has 30 heavy (non-hydrogen) atoms. The van der Waals surface area contributed by atoms with Gasteiger partial charge in [0.25, 0.3) is 11.8 Å². The highest BCUT2D eigenvalue weighted by atomic mass is 16.5. The molecule has 9 heteroatoms. The van der Waals surface area contributed by atoms with Crippen LogP contribution in [-0.2, 0) is 4.79 Å². The van der Waals surface area contributed by atoms with Gasteiger partial charge in [-0.1, -0.05) is 6.07 Å². The molecule has 3 heterocycles. The average molecular weight is 403 g/mol. The molecule has 0 fully saturated rings. The highest BCUT2D eigenvalue weighted by Gasteiger charge is 2.10. The lowest BCUT2D eigenvalue weighted by molar-refractivity contribution is -0.118. The number of hydrogen-bond acceptors (Lipinski definition) is 6. The SMILES string of the molecule is O=C(COc1cccc(NC(=O)c2ccco2)c1)Nc1ccc(-n2ccnc2)nc1. The molecule has 2 amide bonds. The van der Waals surface area contributed by atoms with Gasteiger partial charge >= 0.3 is 0 Å². The molecule has 2 N–H and O–H groups in total. The average Bonchev–Trinajstić information content (AvgIpc) is 3.47. The highest BCUT2D eigenvalue weighted by molar-refractivity contribution is 6.02. The van der Waals surface area contributed by atoms with Crippen LogP contribution in [0.15, 0.2) is 84.1 Å². The number of anilines is 2. The van der Waals surface area contributed by atoms with Crippen LogP contribution in [0.3, 0.4) is 0 Å². The van der Waals surface area contributed by atoms with E-state index in [4.69, 9.17) is 9.15 Å². The quantitative estimate of drug-likeness (QED) is 0.490. The zero-order valence-corrected chi connectivity index (χ0v) is 15.7. The molecule has 4 rings (SSSR count). The first-order valence-electron chi connectivity index (χ1n) is 8.99. The van der Waals surface area contributed by atoms with Crippen LogP contribution in [0.4, 0.5) is 11.4 Å². The predicted octanol–water partition coefficient (Wildman–Crippen LogP) is 3.13. The summed E-state index contributed by atoms with van der Waals surface area (Å²) in [6, 6.07) is 13.4. The third-order valence-electron chi connectivity index (χ3n) is 4.01. The molecule has 0 bridgehead atoms. The van der Waals surface area contributed by atoms with Crippen LogP contribution in [-0.4, -0.2) is 33.0 Å². The Morgan fingerprint density at radius 3 is 2.73 bits per heavy atom. The maximum Gasteiger partial charge on any atom is 0.291 e. The Hall–Kier alpha value is -4.40. The lowest BCUT2D eigenvalue weighted by atomic mass is 10.3. The van der Waals surface area contributed by atoms with Gasteiger partial charge in [-0.05, 0) is 36.4 Å². The largest absolute Gasteiger partial charge is 0.484 e. The molecule has 0 unspecified atom stereocenters. The van der Waals surface area contributed by atoms with Gasteiger partial charge in [-0.2, -0.15) is 0 Å². The van der Waals surface area contributed by atoms with Crippen LogP contribution in [0.2, 0.25) is 0 Å². The number of amides is 2. The lowest BCUT2D eigenvalue weighted by Gasteiger charge is -2.09. The molecule has 0 aliphatic carbocycles.